The van der Waals surface area contributed by atoms with Gasteiger partial charge in [0.15, 0.2) is 4.80 Å². The molecular weight excluding hydrogens is 562 g/mol. The van der Waals surface area contributed by atoms with Gasteiger partial charge < -0.3 is 19.1 Å². The maximum absolute atomic E-state index is 14.0. The van der Waals surface area contributed by atoms with Crippen molar-refractivity contribution in [3.8, 4) is 11.5 Å². The van der Waals surface area contributed by atoms with Crippen molar-refractivity contribution >= 4 is 29.1 Å². The molecule has 8 nitrogen and oxygen atoms in total. The summed E-state index contributed by atoms with van der Waals surface area (Å²) in [5, 5.41) is 0. The van der Waals surface area contributed by atoms with Crippen LogP contribution < -0.4 is 29.3 Å². The minimum atomic E-state index is -0.664. The van der Waals surface area contributed by atoms with Gasteiger partial charge >= 0.3 is 5.97 Å². The van der Waals surface area contributed by atoms with Crippen molar-refractivity contribution < 1.29 is 19.0 Å². The molecular formula is C34H35N3O5S. The zero-order chi connectivity index (χ0) is 30.7. The molecule has 0 N–H and O–H groups in total. The average molecular weight is 598 g/mol. The standard InChI is InChI=1S/C34H35N3O5S/c1-7-41-33(39)30-22(3)35-34-37(31(30)24-13-15-26(16-14-24)36(4)5)32(38)29(43-34)19-23-12-17-28(40-6)25(18-23)20-42-27-11-9-8-10-21(27)2/h8-19,31H,7,20H2,1-6H3/b29-19+/t31-/m1/s1. The maximum Gasteiger partial charge on any atom is 0.338 e. The Labute approximate surface area is 254 Å². The third kappa shape index (κ3) is 6.12. The van der Waals surface area contributed by atoms with E-state index in [2.05, 4.69) is 4.99 Å². The minimum absolute atomic E-state index is 0.222. The van der Waals surface area contributed by atoms with E-state index in [1.54, 1.807) is 25.5 Å². The van der Waals surface area contributed by atoms with E-state index >= 15 is 0 Å². The van der Waals surface area contributed by atoms with Crippen LogP contribution in [0.15, 0.2) is 87.8 Å². The highest BCUT2D eigenvalue weighted by molar-refractivity contribution is 7.07. The Hall–Kier alpha value is -4.63. The third-order valence-electron chi connectivity index (χ3n) is 7.32. The SMILES string of the molecule is CCOC(=O)C1=C(C)N=c2s/c(=C/c3ccc(OC)c(COc4ccccc4C)c3)c(=O)n2[C@@H]1c1ccc(N(C)C)cc1. The predicted octanol–water partition coefficient (Wildman–Crippen LogP) is 4.76. The summed E-state index contributed by atoms with van der Waals surface area (Å²) in [4.78, 5) is 34.4. The summed E-state index contributed by atoms with van der Waals surface area (Å²) in [5.41, 5.74) is 5.20. The minimum Gasteiger partial charge on any atom is -0.496 e. The summed E-state index contributed by atoms with van der Waals surface area (Å²) >= 11 is 1.29. The van der Waals surface area contributed by atoms with Crippen molar-refractivity contribution in [3.63, 3.8) is 0 Å². The molecule has 3 aromatic carbocycles. The van der Waals surface area contributed by atoms with Gasteiger partial charge in [-0.3, -0.25) is 9.36 Å². The fraction of sp³-hybridized carbons (Fsp3) is 0.265. The highest BCUT2D eigenvalue weighted by Crippen LogP contribution is 2.32. The molecule has 0 radical (unpaired) electrons. The molecule has 0 saturated carbocycles. The lowest BCUT2D eigenvalue weighted by molar-refractivity contribution is -0.139. The van der Waals surface area contributed by atoms with E-state index < -0.39 is 12.0 Å². The molecule has 5 rings (SSSR count). The van der Waals surface area contributed by atoms with Crippen LogP contribution in [0.2, 0.25) is 0 Å². The normalized spacial score (nSPS) is 14.7. The van der Waals surface area contributed by atoms with Gasteiger partial charge in [0.25, 0.3) is 5.56 Å². The second-order valence-corrected chi connectivity index (χ2v) is 11.4. The first-order valence-electron chi connectivity index (χ1n) is 14.0. The van der Waals surface area contributed by atoms with Crippen LogP contribution in [0.3, 0.4) is 0 Å². The number of hydrogen-bond donors (Lipinski definition) is 0. The fourth-order valence-corrected chi connectivity index (χ4v) is 6.13. The molecule has 2 heterocycles. The number of aromatic nitrogens is 1. The number of nitrogens with zero attached hydrogens (tertiary/aromatic N) is 3. The van der Waals surface area contributed by atoms with Gasteiger partial charge in [-0.25, -0.2) is 9.79 Å². The molecule has 9 heteroatoms. The van der Waals surface area contributed by atoms with Crippen LogP contribution in [0.5, 0.6) is 11.5 Å². The predicted molar refractivity (Wildman–Crippen MR) is 170 cm³/mol. The number of allylic oxidation sites excluding steroid dienone is 1. The molecule has 1 atom stereocenters. The molecule has 1 aliphatic rings. The summed E-state index contributed by atoms with van der Waals surface area (Å²) in [7, 11) is 5.55. The number of esters is 1. The molecule has 0 bridgehead atoms. The Morgan fingerprint density at radius 3 is 2.47 bits per heavy atom. The smallest absolute Gasteiger partial charge is 0.338 e. The Balaban J connectivity index is 1.58. The number of carbonyl (C=O) groups is 1. The van der Waals surface area contributed by atoms with Crippen LogP contribution in [0, 0.1) is 6.92 Å². The first-order valence-corrected chi connectivity index (χ1v) is 14.9. The van der Waals surface area contributed by atoms with Crippen molar-refractivity contribution in [2.45, 2.75) is 33.4 Å². The van der Waals surface area contributed by atoms with Crippen molar-refractivity contribution in [2.24, 2.45) is 4.99 Å². The van der Waals surface area contributed by atoms with Crippen molar-refractivity contribution in [1.29, 1.82) is 0 Å². The van der Waals surface area contributed by atoms with Gasteiger partial charge in [-0.2, -0.15) is 0 Å². The van der Waals surface area contributed by atoms with Gasteiger partial charge in [-0.05, 0) is 73.9 Å². The summed E-state index contributed by atoms with van der Waals surface area (Å²) in [6, 6.07) is 20.8. The fourth-order valence-electron chi connectivity index (χ4n) is 5.09. The summed E-state index contributed by atoms with van der Waals surface area (Å²) < 4.78 is 19.2. The number of aryl methyl sites for hydroxylation is 1. The average Bonchev–Trinajstić information content (AvgIpc) is 3.30. The molecule has 1 aliphatic heterocycles. The number of hydrogen-bond acceptors (Lipinski definition) is 8. The first kappa shape index (κ1) is 29.8. The number of para-hydroxylation sites is 1. The second kappa shape index (κ2) is 12.7. The van der Waals surface area contributed by atoms with Gasteiger partial charge in [0.05, 0.1) is 35.6 Å². The molecule has 0 spiro atoms. The first-order chi connectivity index (χ1) is 20.7. The van der Waals surface area contributed by atoms with Crippen LogP contribution in [0.25, 0.3) is 6.08 Å². The molecule has 1 aromatic heterocycles. The van der Waals surface area contributed by atoms with Gasteiger partial charge in [-0.15, -0.1) is 0 Å². The number of ether oxygens (including phenoxy) is 3. The molecule has 0 saturated heterocycles. The topological polar surface area (TPSA) is 82.4 Å². The zero-order valence-corrected chi connectivity index (χ0v) is 26.0. The highest BCUT2D eigenvalue weighted by atomic mass is 32.1. The zero-order valence-electron chi connectivity index (χ0n) is 25.2. The number of fused-ring (bicyclic) bond motifs is 1. The van der Waals surface area contributed by atoms with Crippen molar-refractivity contribution in [2.75, 3.05) is 32.7 Å². The number of anilines is 1. The van der Waals surface area contributed by atoms with Crippen LogP contribution >= 0.6 is 11.3 Å². The van der Waals surface area contributed by atoms with E-state index in [1.165, 1.54) is 11.3 Å². The van der Waals surface area contributed by atoms with E-state index in [9.17, 15) is 9.59 Å². The summed E-state index contributed by atoms with van der Waals surface area (Å²) in [6.07, 6.45) is 1.84. The Kier molecular flexibility index (Phi) is 8.82. The van der Waals surface area contributed by atoms with E-state index in [-0.39, 0.29) is 12.2 Å². The Morgan fingerprint density at radius 2 is 1.79 bits per heavy atom. The largest absolute Gasteiger partial charge is 0.496 e. The van der Waals surface area contributed by atoms with Gasteiger partial charge in [-0.1, -0.05) is 47.7 Å². The second-order valence-electron chi connectivity index (χ2n) is 10.4. The summed E-state index contributed by atoms with van der Waals surface area (Å²) in [5.74, 6) is 1.02. The maximum atomic E-state index is 14.0. The quantitative estimate of drug-likeness (QED) is 0.259. The van der Waals surface area contributed by atoms with Crippen molar-refractivity contribution in [1.82, 2.24) is 4.57 Å². The molecule has 0 unspecified atom stereocenters. The molecule has 4 aromatic rings. The van der Waals surface area contributed by atoms with Gasteiger partial charge in [0, 0.05) is 25.3 Å². The number of methoxy groups -OCH3 is 1. The van der Waals surface area contributed by atoms with Crippen LogP contribution in [0.1, 0.15) is 42.1 Å². The monoisotopic (exact) mass is 597 g/mol. The number of carbonyl (C=O) groups excluding carboxylic acids is 1. The van der Waals surface area contributed by atoms with Gasteiger partial charge in [0.1, 0.15) is 18.1 Å². The van der Waals surface area contributed by atoms with Crippen LogP contribution in [-0.4, -0.2) is 38.3 Å². The highest BCUT2D eigenvalue weighted by Gasteiger charge is 2.33. The Bertz CT molecular complexity index is 1870. The lowest BCUT2D eigenvalue weighted by atomic mass is 9.95. The van der Waals surface area contributed by atoms with E-state index in [0.717, 1.165) is 33.7 Å². The summed E-state index contributed by atoms with van der Waals surface area (Å²) in [6.45, 7) is 6.08. The van der Waals surface area contributed by atoms with E-state index in [1.807, 2.05) is 98.7 Å². The van der Waals surface area contributed by atoms with E-state index in [0.29, 0.717) is 33.0 Å². The molecule has 222 valence electrons. The molecule has 43 heavy (non-hydrogen) atoms. The van der Waals surface area contributed by atoms with Crippen LogP contribution in [0.4, 0.5) is 5.69 Å². The third-order valence-corrected chi connectivity index (χ3v) is 8.30. The van der Waals surface area contributed by atoms with Gasteiger partial charge in [0.2, 0.25) is 0 Å². The molecule has 0 fully saturated rings. The Morgan fingerprint density at radius 1 is 1.05 bits per heavy atom. The number of benzene rings is 3. The molecule has 0 amide bonds. The lowest BCUT2D eigenvalue weighted by Gasteiger charge is -2.25. The van der Waals surface area contributed by atoms with E-state index in [4.69, 9.17) is 14.2 Å². The number of thiazole rings is 1. The van der Waals surface area contributed by atoms with Crippen LogP contribution in [-0.2, 0) is 16.1 Å². The number of rotatable bonds is 9. The molecule has 0 aliphatic carbocycles. The van der Waals surface area contributed by atoms with Crippen molar-refractivity contribution in [3.05, 3.63) is 120 Å². The lowest BCUT2D eigenvalue weighted by Crippen LogP contribution is -2.39.